The Bertz CT molecular complexity index is 380. The molecule has 0 radical (unpaired) electrons. The number of rotatable bonds is 3. The molecule has 0 amide bonds. The fourth-order valence-corrected chi connectivity index (χ4v) is 0.937. The van der Waals surface area contributed by atoms with Crippen molar-refractivity contribution in [3.8, 4) is 0 Å². The number of carbonyl (C=O) groups is 1. The summed E-state index contributed by atoms with van der Waals surface area (Å²) >= 11 is 0. The number of hydrogen-bond donors (Lipinski definition) is 1. The van der Waals surface area contributed by atoms with Gasteiger partial charge in [0.25, 0.3) is 6.43 Å². The number of carboxylic acids is 1. The van der Waals surface area contributed by atoms with Crippen LogP contribution in [0.2, 0.25) is 0 Å². The van der Waals surface area contributed by atoms with E-state index in [9.17, 15) is 13.6 Å². The number of nitrogens with zero attached hydrogens (tertiary/aromatic N) is 2. The fourth-order valence-electron chi connectivity index (χ4n) is 0.937. The van der Waals surface area contributed by atoms with Crippen LogP contribution in [-0.4, -0.2) is 21.0 Å². The van der Waals surface area contributed by atoms with E-state index >= 15 is 0 Å². The average Bonchev–Trinajstić information content (AvgIpc) is 2.17. The maximum absolute atomic E-state index is 12.3. The molecule has 0 aliphatic rings. The van der Waals surface area contributed by atoms with E-state index in [0.717, 1.165) is 6.20 Å². The van der Waals surface area contributed by atoms with Gasteiger partial charge in [-0.25, -0.2) is 18.7 Å². The van der Waals surface area contributed by atoms with Crippen LogP contribution >= 0.6 is 0 Å². The van der Waals surface area contributed by atoms with Crippen LogP contribution in [0.5, 0.6) is 0 Å². The van der Waals surface area contributed by atoms with Crippen molar-refractivity contribution in [2.24, 2.45) is 0 Å². The largest absolute Gasteiger partial charge is 0.481 e. The Morgan fingerprint density at radius 1 is 1.53 bits per heavy atom. The smallest absolute Gasteiger partial charge is 0.315 e. The monoisotopic (exact) mass is 216 g/mol. The predicted octanol–water partition coefficient (Wildman–Crippen LogP) is 1.78. The molecule has 1 N–H and O–H groups in total. The second-order valence-corrected chi connectivity index (χ2v) is 3.53. The summed E-state index contributed by atoms with van der Waals surface area (Å²) in [6.07, 6.45) is -1.66. The van der Waals surface area contributed by atoms with Crippen molar-refractivity contribution >= 4 is 5.97 Å². The van der Waals surface area contributed by atoms with E-state index in [4.69, 9.17) is 5.11 Å². The summed E-state index contributed by atoms with van der Waals surface area (Å²) in [5.74, 6) is -1.77. The first kappa shape index (κ1) is 11.5. The van der Waals surface area contributed by atoms with Crippen molar-refractivity contribution in [3.05, 3.63) is 23.8 Å². The highest BCUT2D eigenvalue weighted by atomic mass is 19.3. The van der Waals surface area contributed by atoms with E-state index < -0.39 is 23.6 Å². The van der Waals surface area contributed by atoms with Crippen molar-refractivity contribution < 1.29 is 18.7 Å². The molecule has 1 heterocycles. The second kappa shape index (κ2) is 3.88. The van der Waals surface area contributed by atoms with Gasteiger partial charge in [-0.3, -0.25) is 4.79 Å². The fraction of sp³-hybridized carbons (Fsp3) is 0.444. The molecular weight excluding hydrogens is 206 g/mol. The minimum absolute atomic E-state index is 0.0697. The Hall–Kier alpha value is -1.59. The Balaban J connectivity index is 3.16. The highest BCUT2D eigenvalue weighted by molar-refractivity contribution is 5.79. The zero-order valence-electron chi connectivity index (χ0n) is 8.24. The Kier molecular flexibility index (Phi) is 2.97. The van der Waals surface area contributed by atoms with E-state index in [1.165, 1.54) is 19.9 Å². The maximum atomic E-state index is 12.3. The summed E-state index contributed by atoms with van der Waals surface area (Å²) in [6, 6.07) is 1.32. The molecule has 0 saturated carbocycles. The summed E-state index contributed by atoms with van der Waals surface area (Å²) in [7, 11) is 0. The third-order valence-electron chi connectivity index (χ3n) is 2.04. The summed E-state index contributed by atoms with van der Waals surface area (Å²) < 4.78 is 24.5. The summed E-state index contributed by atoms with van der Waals surface area (Å²) in [6.45, 7) is 2.79. The van der Waals surface area contributed by atoms with Crippen molar-refractivity contribution in [1.29, 1.82) is 0 Å². The van der Waals surface area contributed by atoms with E-state index in [0.29, 0.717) is 0 Å². The number of halogens is 2. The topological polar surface area (TPSA) is 63.1 Å². The molecular formula is C9H10F2N2O2. The Morgan fingerprint density at radius 3 is 2.60 bits per heavy atom. The quantitative estimate of drug-likeness (QED) is 0.836. The molecule has 0 aliphatic carbocycles. The van der Waals surface area contributed by atoms with Crippen LogP contribution in [0, 0.1) is 0 Å². The zero-order chi connectivity index (χ0) is 11.6. The molecule has 0 aromatic carbocycles. The van der Waals surface area contributed by atoms with E-state index in [1.807, 2.05) is 0 Å². The van der Waals surface area contributed by atoms with Crippen LogP contribution in [0.15, 0.2) is 12.3 Å². The summed E-state index contributed by atoms with van der Waals surface area (Å²) in [5.41, 5.74) is -1.23. The second-order valence-electron chi connectivity index (χ2n) is 3.53. The lowest BCUT2D eigenvalue weighted by Crippen LogP contribution is -2.30. The van der Waals surface area contributed by atoms with Crippen molar-refractivity contribution in [2.75, 3.05) is 0 Å². The van der Waals surface area contributed by atoms with Crippen LogP contribution in [-0.2, 0) is 10.2 Å². The molecule has 6 heteroatoms. The molecule has 0 unspecified atom stereocenters. The first-order valence-corrected chi connectivity index (χ1v) is 4.20. The van der Waals surface area contributed by atoms with Gasteiger partial charge >= 0.3 is 5.97 Å². The molecule has 0 aliphatic heterocycles. The number of hydrogen-bond acceptors (Lipinski definition) is 3. The lowest BCUT2D eigenvalue weighted by molar-refractivity contribution is -0.142. The lowest BCUT2D eigenvalue weighted by atomic mass is 9.89. The summed E-state index contributed by atoms with van der Waals surface area (Å²) in [4.78, 5) is 17.7. The van der Waals surface area contributed by atoms with Gasteiger partial charge in [0.2, 0.25) is 0 Å². The van der Waals surface area contributed by atoms with E-state index in [2.05, 4.69) is 9.97 Å². The molecule has 0 fully saturated rings. The Morgan fingerprint density at radius 2 is 2.13 bits per heavy atom. The van der Waals surface area contributed by atoms with Gasteiger partial charge in [0.15, 0.2) is 5.82 Å². The van der Waals surface area contributed by atoms with Gasteiger partial charge in [-0.05, 0) is 19.9 Å². The van der Waals surface area contributed by atoms with Crippen LogP contribution in [0.4, 0.5) is 8.78 Å². The van der Waals surface area contributed by atoms with Gasteiger partial charge in [-0.15, -0.1) is 0 Å². The van der Waals surface area contributed by atoms with Gasteiger partial charge in [0.05, 0.1) is 5.69 Å². The predicted molar refractivity (Wildman–Crippen MR) is 47.7 cm³/mol. The number of alkyl halides is 2. The van der Waals surface area contributed by atoms with Crippen molar-refractivity contribution in [1.82, 2.24) is 9.97 Å². The van der Waals surface area contributed by atoms with Gasteiger partial charge in [0.1, 0.15) is 5.41 Å². The standard InChI is InChI=1S/C9H10F2N2O2/c1-9(2,8(14)15)5-3-4-12-7(13-5)6(10)11/h3-4,6H,1-2H3,(H,14,15). The van der Waals surface area contributed by atoms with Crippen LogP contribution in [0.3, 0.4) is 0 Å². The molecule has 82 valence electrons. The van der Waals surface area contributed by atoms with Crippen molar-refractivity contribution in [2.45, 2.75) is 25.7 Å². The molecule has 15 heavy (non-hydrogen) atoms. The molecule has 0 saturated heterocycles. The Labute approximate surface area is 85.0 Å². The van der Waals surface area contributed by atoms with Crippen molar-refractivity contribution in [3.63, 3.8) is 0 Å². The van der Waals surface area contributed by atoms with Gasteiger partial charge < -0.3 is 5.11 Å². The molecule has 1 rings (SSSR count). The van der Waals surface area contributed by atoms with Crippen LogP contribution in [0.25, 0.3) is 0 Å². The number of aromatic nitrogens is 2. The molecule has 1 aromatic rings. The average molecular weight is 216 g/mol. The third kappa shape index (κ3) is 2.26. The zero-order valence-corrected chi connectivity index (χ0v) is 8.24. The number of aliphatic carboxylic acids is 1. The van der Waals surface area contributed by atoms with Crippen LogP contribution < -0.4 is 0 Å². The first-order valence-electron chi connectivity index (χ1n) is 4.20. The van der Waals surface area contributed by atoms with Gasteiger partial charge in [-0.2, -0.15) is 0 Å². The SMILES string of the molecule is CC(C)(C(=O)O)c1ccnc(C(F)F)n1. The summed E-state index contributed by atoms with van der Waals surface area (Å²) in [5, 5.41) is 8.88. The van der Waals surface area contributed by atoms with Gasteiger partial charge in [-0.1, -0.05) is 0 Å². The van der Waals surface area contributed by atoms with Gasteiger partial charge in [0, 0.05) is 6.20 Å². The molecule has 0 spiro atoms. The van der Waals surface area contributed by atoms with E-state index in [-0.39, 0.29) is 5.69 Å². The van der Waals surface area contributed by atoms with Crippen LogP contribution in [0.1, 0.15) is 31.8 Å². The molecule has 0 atom stereocenters. The van der Waals surface area contributed by atoms with E-state index in [1.54, 1.807) is 0 Å². The minimum atomic E-state index is -2.80. The highest BCUT2D eigenvalue weighted by Crippen LogP contribution is 2.23. The molecule has 1 aromatic heterocycles. The first-order chi connectivity index (χ1) is 6.85. The highest BCUT2D eigenvalue weighted by Gasteiger charge is 2.31. The minimum Gasteiger partial charge on any atom is -0.481 e. The lowest BCUT2D eigenvalue weighted by Gasteiger charge is -2.18. The molecule has 4 nitrogen and oxygen atoms in total. The normalized spacial score (nSPS) is 11.8. The maximum Gasteiger partial charge on any atom is 0.315 e. The number of carboxylic acid groups (broad SMARTS) is 1. The third-order valence-corrected chi connectivity index (χ3v) is 2.04. The molecule has 0 bridgehead atoms.